The quantitative estimate of drug-likeness (QED) is 0.795. The Morgan fingerprint density at radius 1 is 1.12 bits per heavy atom. The van der Waals surface area contributed by atoms with Gasteiger partial charge in [-0.2, -0.15) is 0 Å². The Labute approximate surface area is 161 Å². The van der Waals surface area contributed by atoms with E-state index in [1.807, 2.05) is 19.1 Å². The topological polar surface area (TPSA) is 35.6 Å². The standard InChI is InChI=1S/C19H21BrClN3O/c1-13-11-15(24-9-7-23(2)8-10-24)4-6-18(13)22-19(25)16-12-14(20)3-5-17(16)21/h3-6,11-12H,7-10H2,1-2H3,(H,22,25). The number of anilines is 2. The van der Waals surface area contributed by atoms with Gasteiger partial charge in [0.25, 0.3) is 5.91 Å². The monoisotopic (exact) mass is 421 g/mol. The Balaban J connectivity index is 1.75. The van der Waals surface area contributed by atoms with Crippen molar-refractivity contribution in [2.45, 2.75) is 6.92 Å². The predicted octanol–water partition coefficient (Wildman–Crippen LogP) is 4.42. The van der Waals surface area contributed by atoms with Gasteiger partial charge in [0.15, 0.2) is 0 Å². The van der Waals surface area contributed by atoms with Crippen LogP contribution in [0.2, 0.25) is 5.02 Å². The fourth-order valence-corrected chi connectivity index (χ4v) is 3.48. The molecule has 0 spiro atoms. The van der Waals surface area contributed by atoms with E-state index in [9.17, 15) is 4.79 Å². The van der Waals surface area contributed by atoms with Gasteiger partial charge >= 0.3 is 0 Å². The van der Waals surface area contributed by atoms with Crippen LogP contribution < -0.4 is 10.2 Å². The number of halogens is 2. The normalized spacial score (nSPS) is 15.3. The lowest BCUT2D eigenvalue weighted by molar-refractivity contribution is 0.102. The minimum atomic E-state index is -0.207. The van der Waals surface area contributed by atoms with Crippen molar-refractivity contribution in [3.8, 4) is 0 Å². The van der Waals surface area contributed by atoms with Crippen molar-refractivity contribution in [2.24, 2.45) is 0 Å². The molecule has 0 aliphatic carbocycles. The predicted molar refractivity (Wildman–Crippen MR) is 108 cm³/mol. The van der Waals surface area contributed by atoms with E-state index in [1.165, 1.54) is 5.69 Å². The van der Waals surface area contributed by atoms with E-state index in [0.29, 0.717) is 10.6 Å². The second-order valence-electron chi connectivity index (χ2n) is 6.37. The zero-order valence-corrected chi connectivity index (χ0v) is 16.7. The Morgan fingerprint density at radius 3 is 2.52 bits per heavy atom. The molecule has 1 amide bonds. The molecule has 0 bridgehead atoms. The van der Waals surface area contributed by atoms with Crippen LogP contribution >= 0.6 is 27.5 Å². The molecule has 1 N–H and O–H groups in total. The lowest BCUT2D eigenvalue weighted by Crippen LogP contribution is -2.44. The van der Waals surface area contributed by atoms with Crippen molar-refractivity contribution in [1.82, 2.24) is 4.90 Å². The second kappa shape index (κ2) is 7.77. The molecule has 0 aromatic heterocycles. The Hall–Kier alpha value is -1.56. The molecule has 4 nitrogen and oxygen atoms in total. The summed E-state index contributed by atoms with van der Waals surface area (Å²) in [4.78, 5) is 17.2. The number of benzene rings is 2. The van der Waals surface area contributed by atoms with E-state index in [-0.39, 0.29) is 5.91 Å². The first kappa shape index (κ1) is 18.2. The van der Waals surface area contributed by atoms with Crippen molar-refractivity contribution in [1.29, 1.82) is 0 Å². The molecule has 3 rings (SSSR count). The van der Waals surface area contributed by atoms with Gasteiger partial charge in [-0.1, -0.05) is 27.5 Å². The fourth-order valence-electron chi connectivity index (χ4n) is 2.91. The highest BCUT2D eigenvalue weighted by atomic mass is 79.9. The summed E-state index contributed by atoms with van der Waals surface area (Å²) in [7, 11) is 2.15. The van der Waals surface area contributed by atoms with E-state index < -0.39 is 0 Å². The van der Waals surface area contributed by atoms with Crippen molar-refractivity contribution >= 4 is 44.8 Å². The minimum absolute atomic E-state index is 0.207. The first-order chi connectivity index (χ1) is 11.9. The number of hydrogen-bond acceptors (Lipinski definition) is 3. The summed E-state index contributed by atoms with van der Waals surface area (Å²) >= 11 is 9.52. The van der Waals surface area contributed by atoms with Gasteiger partial charge in [-0.05, 0) is 55.9 Å². The van der Waals surface area contributed by atoms with E-state index in [0.717, 1.165) is 41.9 Å². The van der Waals surface area contributed by atoms with E-state index in [1.54, 1.807) is 12.1 Å². The summed E-state index contributed by atoms with van der Waals surface area (Å²) in [6.07, 6.45) is 0. The van der Waals surface area contributed by atoms with Crippen molar-refractivity contribution in [3.05, 3.63) is 57.0 Å². The number of carbonyl (C=O) groups is 1. The van der Waals surface area contributed by atoms with Gasteiger partial charge in [0.2, 0.25) is 0 Å². The van der Waals surface area contributed by atoms with Crippen LogP contribution in [0, 0.1) is 6.92 Å². The van der Waals surface area contributed by atoms with E-state index >= 15 is 0 Å². The Kier molecular flexibility index (Phi) is 5.67. The van der Waals surface area contributed by atoms with Crippen LogP contribution in [0.1, 0.15) is 15.9 Å². The molecule has 1 saturated heterocycles. The number of aryl methyl sites for hydroxylation is 1. The van der Waals surface area contributed by atoms with E-state index in [2.05, 4.69) is 50.2 Å². The fraction of sp³-hybridized carbons (Fsp3) is 0.316. The first-order valence-electron chi connectivity index (χ1n) is 8.24. The van der Waals surface area contributed by atoms with Gasteiger partial charge < -0.3 is 15.1 Å². The molecule has 2 aromatic carbocycles. The van der Waals surface area contributed by atoms with Gasteiger partial charge in [0, 0.05) is 42.0 Å². The van der Waals surface area contributed by atoms with Crippen LogP contribution in [0.25, 0.3) is 0 Å². The number of nitrogens with zero attached hydrogens (tertiary/aromatic N) is 2. The summed E-state index contributed by atoms with van der Waals surface area (Å²) in [6, 6.07) is 11.4. The molecule has 6 heteroatoms. The molecule has 132 valence electrons. The van der Waals surface area contributed by atoms with Crippen LogP contribution in [-0.4, -0.2) is 44.0 Å². The number of amides is 1. The van der Waals surface area contributed by atoms with Crippen LogP contribution in [0.5, 0.6) is 0 Å². The van der Waals surface area contributed by atoms with Gasteiger partial charge in [0.1, 0.15) is 0 Å². The van der Waals surface area contributed by atoms with Gasteiger partial charge in [0.05, 0.1) is 10.6 Å². The highest BCUT2D eigenvalue weighted by molar-refractivity contribution is 9.10. The summed E-state index contributed by atoms with van der Waals surface area (Å²) in [5.41, 5.74) is 3.50. The molecule has 25 heavy (non-hydrogen) atoms. The Bertz CT molecular complexity index is 788. The van der Waals surface area contributed by atoms with Crippen LogP contribution in [0.3, 0.4) is 0 Å². The number of rotatable bonds is 3. The van der Waals surface area contributed by atoms with Crippen LogP contribution in [0.15, 0.2) is 40.9 Å². The summed E-state index contributed by atoms with van der Waals surface area (Å²) < 4.78 is 0.823. The number of likely N-dealkylation sites (N-methyl/N-ethyl adjacent to an activating group) is 1. The molecule has 0 saturated carbocycles. The van der Waals surface area contributed by atoms with Crippen LogP contribution in [0.4, 0.5) is 11.4 Å². The molecule has 1 fully saturated rings. The van der Waals surface area contributed by atoms with Crippen LogP contribution in [-0.2, 0) is 0 Å². The zero-order chi connectivity index (χ0) is 18.0. The lowest BCUT2D eigenvalue weighted by atomic mass is 10.1. The average Bonchev–Trinajstić information content (AvgIpc) is 2.59. The number of piperazine rings is 1. The SMILES string of the molecule is Cc1cc(N2CCN(C)CC2)ccc1NC(=O)c1cc(Br)ccc1Cl. The molecule has 0 unspecified atom stereocenters. The maximum atomic E-state index is 12.5. The number of carbonyl (C=O) groups excluding carboxylic acids is 1. The summed E-state index contributed by atoms with van der Waals surface area (Å²) in [6.45, 7) is 6.19. The van der Waals surface area contributed by atoms with Gasteiger partial charge in [-0.3, -0.25) is 4.79 Å². The Morgan fingerprint density at radius 2 is 1.84 bits per heavy atom. The van der Waals surface area contributed by atoms with Crippen molar-refractivity contribution in [2.75, 3.05) is 43.4 Å². The van der Waals surface area contributed by atoms with Gasteiger partial charge in [-0.15, -0.1) is 0 Å². The third-order valence-corrected chi connectivity index (χ3v) is 5.32. The first-order valence-corrected chi connectivity index (χ1v) is 9.41. The minimum Gasteiger partial charge on any atom is -0.369 e. The largest absolute Gasteiger partial charge is 0.369 e. The average molecular weight is 423 g/mol. The number of nitrogens with one attached hydrogen (secondary N) is 1. The molecule has 0 atom stereocenters. The third kappa shape index (κ3) is 4.35. The zero-order valence-electron chi connectivity index (χ0n) is 14.4. The summed E-state index contributed by atoms with van der Waals surface area (Å²) in [5.74, 6) is -0.207. The molecule has 0 radical (unpaired) electrons. The smallest absolute Gasteiger partial charge is 0.257 e. The van der Waals surface area contributed by atoms with Crippen molar-refractivity contribution < 1.29 is 4.79 Å². The van der Waals surface area contributed by atoms with Crippen molar-refractivity contribution in [3.63, 3.8) is 0 Å². The highest BCUT2D eigenvalue weighted by Crippen LogP contribution is 2.26. The molecule has 1 aliphatic heterocycles. The molecule has 2 aromatic rings. The number of hydrogen-bond donors (Lipinski definition) is 1. The molecule has 1 heterocycles. The second-order valence-corrected chi connectivity index (χ2v) is 7.69. The maximum absolute atomic E-state index is 12.5. The lowest BCUT2D eigenvalue weighted by Gasteiger charge is -2.34. The highest BCUT2D eigenvalue weighted by Gasteiger charge is 2.16. The third-order valence-electron chi connectivity index (χ3n) is 4.50. The van der Waals surface area contributed by atoms with Gasteiger partial charge in [-0.25, -0.2) is 0 Å². The summed E-state index contributed by atoms with van der Waals surface area (Å²) in [5, 5.41) is 3.40. The molecule has 1 aliphatic rings. The van der Waals surface area contributed by atoms with E-state index in [4.69, 9.17) is 11.6 Å². The maximum Gasteiger partial charge on any atom is 0.257 e. The molecular formula is C19H21BrClN3O. The molecular weight excluding hydrogens is 402 g/mol.